The predicted octanol–water partition coefficient (Wildman–Crippen LogP) is 3.56. The van der Waals surface area contributed by atoms with E-state index in [2.05, 4.69) is 23.8 Å². The molecule has 0 aliphatic carbocycles. The van der Waals surface area contributed by atoms with E-state index < -0.39 is 0 Å². The van der Waals surface area contributed by atoms with Gasteiger partial charge in [-0.1, -0.05) is 32.4 Å². The first-order valence-electron chi connectivity index (χ1n) is 5.21. The summed E-state index contributed by atoms with van der Waals surface area (Å²) in [5.41, 5.74) is 1.83. The highest BCUT2D eigenvalue weighted by molar-refractivity contribution is 5.52. The molecule has 15 heavy (non-hydrogen) atoms. The van der Waals surface area contributed by atoms with Gasteiger partial charge in [-0.15, -0.1) is 0 Å². The van der Waals surface area contributed by atoms with Gasteiger partial charge in [0.25, 0.3) is 0 Å². The minimum absolute atomic E-state index is 0.915. The SMILES string of the molecule is CCC.c1ccc(-c2ccccn2)nc1. The molecule has 0 fully saturated rings. The van der Waals surface area contributed by atoms with Crippen LogP contribution in [0.3, 0.4) is 0 Å². The van der Waals surface area contributed by atoms with Gasteiger partial charge in [-0.2, -0.15) is 0 Å². The Bertz CT molecular complexity index is 319. The van der Waals surface area contributed by atoms with Crippen LogP contribution < -0.4 is 0 Å². The summed E-state index contributed by atoms with van der Waals surface area (Å²) in [5.74, 6) is 0. The van der Waals surface area contributed by atoms with Crippen LogP contribution in [0, 0.1) is 0 Å². The lowest BCUT2D eigenvalue weighted by Gasteiger charge is -1.96. The molecule has 2 rings (SSSR count). The van der Waals surface area contributed by atoms with Crippen LogP contribution in [0.2, 0.25) is 0 Å². The summed E-state index contributed by atoms with van der Waals surface area (Å²) in [4.78, 5) is 8.37. The van der Waals surface area contributed by atoms with Crippen molar-refractivity contribution >= 4 is 0 Å². The monoisotopic (exact) mass is 200 g/mol. The van der Waals surface area contributed by atoms with E-state index in [9.17, 15) is 0 Å². The fourth-order valence-corrected chi connectivity index (χ4v) is 1.03. The second-order valence-corrected chi connectivity index (χ2v) is 3.14. The molecule has 0 amide bonds. The molecule has 0 aliphatic heterocycles. The summed E-state index contributed by atoms with van der Waals surface area (Å²) in [6.45, 7) is 4.25. The molecule has 2 aromatic heterocycles. The van der Waals surface area contributed by atoms with Gasteiger partial charge >= 0.3 is 0 Å². The van der Waals surface area contributed by atoms with E-state index in [4.69, 9.17) is 0 Å². The van der Waals surface area contributed by atoms with Crippen molar-refractivity contribution in [2.24, 2.45) is 0 Å². The summed E-state index contributed by atoms with van der Waals surface area (Å²) in [5, 5.41) is 0. The lowest BCUT2D eigenvalue weighted by molar-refractivity contribution is 1.09. The molecule has 0 N–H and O–H groups in total. The van der Waals surface area contributed by atoms with Gasteiger partial charge in [-0.3, -0.25) is 9.97 Å². The number of aromatic nitrogens is 2. The molecule has 2 heteroatoms. The van der Waals surface area contributed by atoms with Crippen LogP contribution in [-0.4, -0.2) is 9.97 Å². The van der Waals surface area contributed by atoms with E-state index >= 15 is 0 Å². The fourth-order valence-electron chi connectivity index (χ4n) is 1.03. The van der Waals surface area contributed by atoms with E-state index in [-0.39, 0.29) is 0 Å². The fraction of sp³-hybridized carbons (Fsp3) is 0.231. The summed E-state index contributed by atoms with van der Waals surface area (Å²) >= 11 is 0. The van der Waals surface area contributed by atoms with E-state index in [0.29, 0.717) is 0 Å². The maximum atomic E-state index is 4.19. The molecule has 0 radical (unpaired) electrons. The zero-order valence-electron chi connectivity index (χ0n) is 9.22. The third-order valence-electron chi connectivity index (χ3n) is 1.59. The summed E-state index contributed by atoms with van der Waals surface area (Å²) in [6, 6.07) is 11.6. The minimum Gasteiger partial charge on any atom is -0.255 e. The Morgan fingerprint density at radius 1 is 0.800 bits per heavy atom. The quantitative estimate of drug-likeness (QED) is 0.703. The van der Waals surface area contributed by atoms with Gasteiger partial charge in [0.1, 0.15) is 0 Å². The molecule has 0 aliphatic rings. The maximum absolute atomic E-state index is 4.19. The van der Waals surface area contributed by atoms with Crippen molar-refractivity contribution in [3.05, 3.63) is 48.8 Å². The molecule has 0 spiro atoms. The van der Waals surface area contributed by atoms with E-state index in [1.165, 1.54) is 6.42 Å². The Morgan fingerprint density at radius 3 is 1.47 bits per heavy atom. The van der Waals surface area contributed by atoms with Crippen LogP contribution in [0.1, 0.15) is 20.3 Å². The second-order valence-electron chi connectivity index (χ2n) is 3.14. The molecule has 0 unspecified atom stereocenters. The van der Waals surface area contributed by atoms with Gasteiger partial charge in [-0.25, -0.2) is 0 Å². The predicted molar refractivity (Wildman–Crippen MR) is 63.4 cm³/mol. The number of pyridine rings is 2. The van der Waals surface area contributed by atoms with E-state index in [1.807, 2.05) is 36.4 Å². The van der Waals surface area contributed by atoms with Crippen molar-refractivity contribution in [2.45, 2.75) is 20.3 Å². The molecule has 0 saturated carbocycles. The number of rotatable bonds is 1. The molecular formula is C13H16N2. The first-order valence-corrected chi connectivity index (χ1v) is 5.21. The number of nitrogens with zero attached hydrogens (tertiary/aromatic N) is 2. The van der Waals surface area contributed by atoms with E-state index in [1.54, 1.807) is 12.4 Å². The van der Waals surface area contributed by atoms with Crippen LogP contribution in [-0.2, 0) is 0 Å². The van der Waals surface area contributed by atoms with Crippen molar-refractivity contribution in [3.8, 4) is 11.4 Å². The average Bonchev–Trinajstić information content (AvgIpc) is 2.32. The molecule has 0 aromatic carbocycles. The van der Waals surface area contributed by atoms with Crippen LogP contribution in [0.15, 0.2) is 48.8 Å². The molecule has 0 saturated heterocycles. The molecule has 2 aromatic rings. The Kier molecular flexibility index (Phi) is 5.09. The largest absolute Gasteiger partial charge is 0.255 e. The Labute approximate surface area is 91.0 Å². The van der Waals surface area contributed by atoms with Crippen molar-refractivity contribution in [3.63, 3.8) is 0 Å². The maximum Gasteiger partial charge on any atom is 0.0886 e. The van der Waals surface area contributed by atoms with Crippen molar-refractivity contribution in [1.29, 1.82) is 0 Å². The third-order valence-corrected chi connectivity index (χ3v) is 1.59. The van der Waals surface area contributed by atoms with E-state index in [0.717, 1.165) is 11.4 Å². The molecule has 0 atom stereocenters. The highest BCUT2D eigenvalue weighted by Gasteiger charge is 1.95. The van der Waals surface area contributed by atoms with Crippen molar-refractivity contribution in [1.82, 2.24) is 9.97 Å². The zero-order valence-corrected chi connectivity index (χ0v) is 9.22. The van der Waals surface area contributed by atoms with Crippen LogP contribution in [0.4, 0.5) is 0 Å². The summed E-state index contributed by atoms with van der Waals surface area (Å²) in [6.07, 6.45) is 4.79. The van der Waals surface area contributed by atoms with Crippen LogP contribution in [0.25, 0.3) is 11.4 Å². The highest BCUT2D eigenvalue weighted by Crippen LogP contribution is 2.10. The van der Waals surface area contributed by atoms with Crippen LogP contribution in [0.5, 0.6) is 0 Å². The first-order chi connectivity index (χ1) is 7.38. The highest BCUT2D eigenvalue weighted by atomic mass is 14.7. The minimum atomic E-state index is 0.915. The zero-order chi connectivity index (χ0) is 10.9. The van der Waals surface area contributed by atoms with Crippen LogP contribution >= 0.6 is 0 Å². The second kappa shape index (κ2) is 6.71. The topological polar surface area (TPSA) is 25.8 Å². The lowest BCUT2D eigenvalue weighted by atomic mass is 10.2. The standard InChI is InChI=1S/C10H8N2.C3H8/c1-3-7-11-9(5-1)10-6-2-4-8-12-10;1-3-2/h1-8H;3H2,1-2H3. The third kappa shape index (κ3) is 3.90. The van der Waals surface area contributed by atoms with Gasteiger partial charge in [0.2, 0.25) is 0 Å². The first kappa shape index (κ1) is 11.4. The van der Waals surface area contributed by atoms with Gasteiger partial charge in [0.05, 0.1) is 11.4 Å². The normalized spacial score (nSPS) is 8.93. The molecule has 78 valence electrons. The van der Waals surface area contributed by atoms with Crippen molar-refractivity contribution < 1.29 is 0 Å². The van der Waals surface area contributed by atoms with Gasteiger partial charge in [-0.05, 0) is 24.3 Å². The summed E-state index contributed by atoms with van der Waals surface area (Å²) in [7, 11) is 0. The smallest absolute Gasteiger partial charge is 0.0886 e. The molecule has 2 heterocycles. The van der Waals surface area contributed by atoms with Gasteiger partial charge in [0.15, 0.2) is 0 Å². The van der Waals surface area contributed by atoms with Gasteiger partial charge < -0.3 is 0 Å². The summed E-state index contributed by atoms with van der Waals surface area (Å²) < 4.78 is 0. The Hall–Kier alpha value is -1.70. The Morgan fingerprint density at radius 2 is 1.20 bits per heavy atom. The number of hydrogen-bond acceptors (Lipinski definition) is 2. The molecule has 0 bridgehead atoms. The van der Waals surface area contributed by atoms with Gasteiger partial charge in [0, 0.05) is 12.4 Å². The average molecular weight is 200 g/mol. The molecule has 2 nitrogen and oxygen atoms in total. The van der Waals surface area contributed by atoms with Crippen molar-refractivity contribution in [2.75, 3.05) is 0 Å². The number of hydrogen-bond donors (Lipinski definition) is 0. The molecular weight excluding hydrogens is 184 g/mol. The lowest BCUT2D eigenvalue weighted by Crippen LogP contribution is -1.83. The Balaban J connectivity index is 0.000000337.